The number of hydrogen-bond donors (Lipinski definition) is 1. The molecule has 0 radical (unpaired) electrons. The first-order valence-corrected chi connectivity index (χ1v) is 10.3. The van der Waals surface area contributed by atoms with E-state index in [-0.39, 0.29) is 10.6 Å². The monoisotopic (exact) mass is 432 g/mol. The zero-order chi connectivity index (χ0) is 21.8. The summed E-state index contributed by atoms with van der Waals surface area (Å²) in [5, 5.41) is 1.96. The maximum absolute atomic E-state index is 13.2. The van der Waals surface area contributed by atoms with Crippen molar-refractivity contribution in [2.45, 2.75) is 0 Å². The summed E-state index contributed by atoms with van der Waals surface area (Å²) in [6.45, 7) is -0.439. The van der Waals surface area contributed by atoms with Crippen LogP contribution in [0.4, 0.5) is 14.9 Å². The molecular weight excluding hydrogens is 415 g/mol. The SMILES string of the molecule is O=C(CN1C(=O)S/C(=C/c2ccc(-c3ccccc3)cc2)C1=O)Nc1cccc(F)c1. The van der Waals surface area contributed by atoms with E-state index in [4.69, 9.17) is 0 Å². The molecule has 0 atom stereocenters. The van der Waals surface area contributed by atoms with Gasteiger partial charge in [-0.1, -0.05) is 60.7 Å². The molecule has 1 saturated heterocycles. The fourth-order valence-corrected chi connectivity index (χ4v) is 3.94. The zero-order valence-corrected chi connectivity index (χ0v) is 17.1. The number of rotatable bonds is 5. The van der Waals surface area contributed by atoms with Gasteiger partial charge in [-0.05, 0) is 52.7 Å². The Kier molecular flexibility index (Phi) is 5.95. The number of nitrogens with zero attached hydrogens (tertiary/aromatic N) is 1. The largest absolute Gasteiger partial charge is 0.324 e. The fourth-order valence-electron chi connectivity index (χ4n) is 3.10. The van der Waals surface area contributed by atoms with Crippen molar-refractivity contribution in [1.29, 1.82) is 0 Å². The molecule has 0 saturated carbocycles. The van der Waals surface area contributed by atoms with Gasteiger partial charge in [-0.15, -0.1) is 0 Å². The van der Waals surface area contributed by atoms with E-state index in [1.165, 1.54) is 18.2 Å². The molecular formula is C24H17FN2O3S. The fraction of sp³-hybridized carbons (Fsp3) is 0.0417. The summed E-state index contributed by atoms with van der Waals surface area (Å²) in [7, 11) is 0. The molecule has 4 rings (SSSR count). The van der Waals surface area contributed by atoms with E-state index in [1.807, 2.05) is 54.6 Å². The van der Waals surface area contributed by atoms with Gasteiger partial charge in [-0.3, -0.25) is 19.3 Å². The normalized spacial score (nSPS) is 14.9. The maximum atomic E-state index is 13.2. The highest BCUT2D eigenvalue weighted by Crippen LogP contribution is 2.32. The van der Waals surface area contributed by atoms with Crippen LogP contribution in [0, 0.1) is 5.82 Å². The number of benzene rings is 3. The summed E-state index contributed by atoms with van der Waals surface area (Å²) < 4.78 is 13.2. The van der Waals surface area contributed by atoms with Crippen LogP contribution in [-0.4, -0.2) is 28.5 Å². The lowest BCUT2D eigenvalue weighted by Gasteiger charge is -2.12. The number of thioether (sulfide) groups is 1. The number of nitrogens with one attached hydrogen (secondary N) is 1. The average Bonchev–Trinajstić information content (AvgIpc) is 3.02. The number of imide groups is 1. The molecule has 3 aromatic carbocycles. The topological polar surface area (TPSA) is 66.5 Å². The van der Waals surface area contributed by atoms with Crippen LogP contribution in [-0.2, 0) is 9.59 Å². The first-order chi connectivity index (χ1) is 15.0. The predicted octanol–water partition coefficient (Wildman–Crippen LogP) is 5.17. The van der Waals surface area contributed by atoms with Gasteiger partial charge in [0.05, 0.1) is 4.91 Å². The van der Waals surface area contributed by atoms with Crippen LogP contribution in [0.5, 0.6) is 0 Å². The summed E-state index contributed by atoms with van der Waals surface area (Å²) >= 11 is 0.786. The third-order valence-electron chi connectivity index (χ3n) is 4.60. The molecule has 154 valence electrons. The summed E-state index contributed by atoms with van der Waals surface area (Å²) in [6, 6.07) is 22.9. The number of anilines is 1. The molecule has 0 spiro atoms. The van der Waals surface area contributed by atoms with Crippen LogP contribution in [0.1, 0.15) is 5.56 Å². The van der Waals surface area contributed by atoms with Crippen LogP contribution in [0.25, 0.3) is 17.2 Å². The van der Waals surface area contributed by atoms with Crippen LogP contribution in [0.15, 0.2) is 83.8 Å². The number of hydrogen-bond acceptors (Lipinski definition) is 4. The van der Waals surface area contributed by atoms with Crippen molar-refractivity contribution in [2.75, 3.05) is 11.9 Å². The molecule has 1 aliphatic heterocycles. The van der Waals surface area contributed by atoms with E-state index < -0.39 is 29.4 Å². The van der Waals surface area contributed by atoms with Crippen molar-refractivity contribution in [3.05, 3.63) is 95.1 Å². The Balaban J connectivity index is 1.44. The van der Waals surface area contributed by atoms with Gasteiger partial charge in [-0.2, -0.15) is 0 Å². The van der Waals surface area contributed by atoms with Gasteiger partial charge in [0.15, 0.2) is 0 Å². The molecule has 1 fully saturated rings. The summed E-state index contributed by atoms with van der Waals surface area (Å²) in [6.07, 6.45) is 1.63. The summed E-state index contributed by atoms with van der Waals surface area (Å²) in [5.41, 5.74) is 3.15. The molecule has 5 nitrogen and oxygen atoms in total. The lowest BCUT2D eigenvalue weighted by molar-refractivity contribution is -0.127. The molecule has 0 unspecified atom stereocenters. The van der Waals surface area contributed by atoms with Gasteiger partial charge >= 0.3 is 0 Å². The highest BCUT2D eigenvalue weighted by Gasteiger charge is 2.36. The van der Waals surface area contributed by atoms with Crippen LogP contribution in [0.3, 0.4) is 0 Å². The lowest BCUT2D eigenvalue weighted by atomic mass is 10.0. The van der Waals surface area contributed by atoms with Crippen molar-refractivity contribution < 1.29 is 18.8 Å². The third kappa shape index (κ3) is 4.90. The average molecular weight is 432 g/mol. The molecule has 3 aromatic rings. The first-order valence-electron chi connectivity index (χ1n) is 9.46. The Morgan fingerprint density at radius 3 is 2.35 bits per heavy atom. The van der Waals surface area contributed by atoms with Crippen LogP contribution >= 0.6 is 11.8 Å². The van der Waals surface area contributed by atoms with Crippen LogP contribution in [0.2, 0.25) is 0 Å². The van der Waals surface area contributed by atoms with E-state index in [1.54, 1.807) is 6.08 Å². The zero-order valence-electron chi connectivity index (χ0n) is 16.2. The van der Waals surface area contributed by atoms with E-state index in [0.717, 1.165) is 39.4 Å². The van der Waals surface area contributed by atoms with E-state index >= 15 is 0 Å². The van der Waals surface area contributed by atoms with Crippen LogP contribution < -0.4 is 5.32 Å². The quantitative estimate of drug-likeness (QED) is 0.565. The summed E-state index contributed by atoms with van der Waals surface area (Å²) in [4.78, 5) is 38.2. The molecule has 0 aromatic heterocycles. The molecule has 7 heteroatoms. The minimum Gasteiger partial charge on any atom is -0.324 e. The van der Waals surface area contributed by atoms with Gasteiger partial charge in [0.25, 0.3) is 11.1 Å². The molecule has 3 amide bonds. The van der Waals surface area contributed by atoms with Crippen molar-refractivity contribution in [3.63, 3.8) is 0 Å². The molecule has 0 aliphatic carbocycles. The highest BCUT2D eigenvalue weighted by atomic mass is 32.2. The van der Waals surface area contributed by atoms with Gasteiger partial charge in [0.1, 0.15) is 12.4 Å². The van der Waals surface area contributed by atoms with Crippen molar-refractivity contribution in [1.82, 2.24) is 4.90 Å². The molecule has 0 bridgehead atoms. The molecule has 1 N–H and O–H groups in total. The Hall–Kier alpha value is -3.71. The second-order valence-electron chi connectivity index (χ2n) is 6.81. The smallest absolute Gasteiger partial charge is 0.294 e. The second kappa shape index (κ2) is 8.97. The van der Waals surface area contributed by atoms with E-state index in [9.17, 15) is 18.8 Å². The minimum atomic E-state index is -0.582. The first kappa shape index (κ1) is 20.6. The molecule has 1 heterocycles. The molecule has 31 heavy (non-hydrogen) atoms. The highest BCUT2D eigenvalue weighted by molar-refractivity contribution is 8.18. The van der Waals surface area contributed by atoms with Gasteiger partial charge in [0, 0.05) is 5.69 Å². The Morgan fingerprint density at radius 2 is 1.65 bits per heavy atom. The number of amides is 3. The second-order valence-corrected chi connectivity index (χ2v) is 7.81. The van der Waals surface area contributed by atoms with E-state index in [2.05, 4.69) is 5.32 Å². The standard InChI is InChI=1S/C24H17FN2O3S/c25-19-7-4-8-20(14-19)26-22(28)15-27-23(29)21(31-24(27)30)13-16-9-11-18(12-10-16)17-5-2-1-3-6-17/h1-14H,15H2,(H,26,28)/b21-13+. The van der Waals surface area contributed by atoms with Gasteiger partial charge in [0.2, 0.25) is 5.91 Å². The Morgan fingerprint density at radius 1 is 0.935 bits per heavy atom. The van der Waals surface area contributed by atoms with Gasteiger partial charge < -0.3 is 5.32 Å². The lowest BCUT2D eigenvalue weighted by Crippen LogP contribution is -2.36. The minimum absolute atomic E-state index is 0.246. The third-order valence-corrected chi connectivity index (χ3v) is 5.51. The Bertz CT molecular complexity index is 1180. The van der Waals surface area contributed by atoms with Gasteiger partial charge in [-0.25, -0.2) is 4.39 Å². The van der Waals surface area contributed by atoms with Crippen molar-refractivity contribution in [3.8, 4) is 11.1 Å². The maximum Gasteiger partial charge on any atom is 0.294 e. The Labute approximate surface area is 182 Å². The van der Waals surface area contributed by atoms with Crippen molar-refractivity contribution >= 4 is 40.6 Å². The molecule has 1 aliphatic rings. The van der Waals surface area contributed by atoms with E-state index in [0.29, 0.717) is 0 Å². The summed E-state index contributed by atoms with van der Waals surface area (Å²) in [5.74, 6) is -1.61. The predicted molar refractivity (Wildman–Crippen MR) is 120 cm³/mol. The number of halogens is 1. The number of carbonyl (C=O) groups excluding carboxylic acids is 3. The van der Waals surface area contributed by atoms with Crippen molar-refractivity contribution in [2.24, 2.45) is 0 Å². The number of carbonyl (C=O) groups is 3.